The molecule has 0 N–H and O–H groups in total. The number of carbonyl (C=O) groups excluding carboxylic acids is 1. The van der Waals surface area contributed by atoms with Gasteiger partial charge >= 0.3 is 0 Å². The molecule has 3 heteroatoms. The Balaban J connectivity index is 4.08. The Labute approximate surface area is 72.6 Å². The van der Waals surface area contributed by atoms with E-state index in [0.717, 1.165) is 5.88 Å². The third kappa shape index (κ3) is 3.46. The zero-order chi connectivity index (χ0) is 8.85. The lowest BCUT2D eigenvalue weighted by molar-refractivity contribution is -0.126. The van der Waals surface area contributed by atoms with E-state index in [0.29, 0.717) is 0 Å². The van der Waals surface area contributed by atoms with Crippen LogP contribution in [0.4, 0.5) is 0 Å². The Hall–Kier alpha value is -0.440. The summed E-state index contributed by atoms with van der Waals surface area (Å²) >= 11 is 1.64. The molecule has 0 aromatic heterocycles. The molecule has 0 heterocycles. The van der Waals surface area contributed by atoms with E-state index >= 15 is 0 Å². The molecule has 0 rings (SSSR count). The number of thioether (sulfide) groups is 1. The van der Waals surface area contributed by atoms with Crippen molar-refractivity contribution in [2.45, 2.75) is 19.9 Å². The van der Waals surface area contributed by atoms with Gasteiger partial charge < -0.3 is 4.90 Å². The second-order valence-corrected chi connectivity index (χ2v) is 3.36. The number of nitrogens with zero attached hydrogens (tertiary/aromatic N) is 1. The first-order chi connectivity index (χ1) is 5.13. The van der Waals surface area contributed by atoms with Crippen molar-refractivity contribution in [3.63, 3.8) is 0 Å². The van der Waals surface area contributed by atoms with Crippen molar-refractivity contribution in [3.05, 3.63) is 12.7 Å². The van der Waals surface area contributed by atoms with E-state index in [9.17, 15) is 4.79 Å². The fraction of sp³-hybridized carbons (Fsp3) is 0.625. The minimum Gasteiger partial charge on any atom is -0.328 e. The molecule has 1 amide bonds. The first kappa shape index (κ1) is 10.6. The predicted molar refractivity (Wildman–Crippen MR) is 50.6 cm³/mol. The van der Waals surface area contributed by atoms with Gasteiger partial charge in [-0.25, -0.2) is 0 Å². The van der Waals surface area contributed by atoms with Crippen molar-refractivity contribution in [2.24, 2.45) is 0 Å². The van der Waals surface area contributed by atoms with E-state index in [1.165, 1.54) is 6.08 Å². The Bertz CT molecular complexity index is 145. The third-order valence-corrected chi connectivity index (χ3v) is 1.89. The fourth-order valence-corrected chi connectivity index (χ4v) is 1.43. The van der Waals surface area contributed by atoms with Crippen molar-refractivity contribution < 1.29 is 4.79 Å². The Morgan fingerprint density at radius 1 is 1.73 bits per heavy atom. The van der Waals surface area contributed by atoms with E-state index in [2.05, 4.69) is 6.58 Å². The van der Waals surface area contributed by atoms with Crippen LogP contribution in [-0.4, -0.2) is 29.0 Å². The molecule has 11 heavy (non-hydrogen) atoms. The Morgan fingerprint density at radius 3 is 2.55 bits per heavy atom. The van der Waals surface area contributed by atoms with Crippen molar-refractivity contribution >= 4 is 17.7 Å². The predicted octanol–water partition coefficient (Wildman–Crippen LogP) is 1.73. The van der Waals surface area contributed by atoms with Crippen LogP contribution in [0.3, 0.4) is 0 Å². The quantitative estimate of drug-likeness (QED) is 0.476. The lowest BCUT2D eigenvalue weighted by atomic mass is 10.3. The van der Waals surface area contributed by atoms with Crippen LogP contribution in [0.15, 0.2) is 12.7 Å². The van der Waals surface area contributed by atoms with Gasteiger partial charge in [0, 0.05) is 6.04 Å². The molecule has 0 aliphatic heterocycles. The summed E-state index contributed by atoms with van der Waals surface area (Å²) in [4.78, 5) is 12.9. The topological polar surface area (TPSA) is 20.3 Å². The second-order valence-electron chi connectivity index (χ2n) is 2.52. The lowest BCUT2D eigenvalue weighted by Gasteiger charge is -2.24. The van der Waals surface area contributed by atoms with Gasteiger partial charge in [-0.3, -0.25) is 4.79 Å². The summed E-state index contributed by atoms with van der Waals surface area (Å²) < 4.78 is 0. The summed E-state index contributed by atoms with van der Waals surface area (Å²) in [6.45, 7) is 7.44. The van der Waals surface area contributed by atoms with E-state index in [1.54, 1.807) is 16.7 Å². The Kier molecular flexibility index (Phi) is 5.03. The molecule has 0 radical (unpaired) electrons. The molecule has 0 fully saturated rings. The highest BCUT2D eigenvalue weighted by Gasteiger charge is 2.11. The highest BCUT2D eigenvalue weighted by atomic mass is 32.2. The largest absolute Gasteiger partial charge is 0.328 e. The highest BCUT2D eigenvalue weighted by Crippen LogP contribution is 2.05. The van der Waals surface area contributed by atoms with Crippen LogP contribution in [0.25, 0.3) is 0 Å². The summed E-state index contributed by atoms with van der Waals surface area (Å²) in [5.74, 6) is 0.747. The summed E-state index contributed by atoms with van der Waals surface area (Å²) in [7, 11) is 0. The molecule has 0 aliphatic carbocycles. The molecule has 0 saturated heterocycles. The number of hydrogen-bond acceptors (Lipinski definition) is 2. The smallest absolute Gasteiger partial charge is 0.246 e. The standard InChI is InChI=1S/C8H15NOS/c1-5-8(10)9(6-11-4)7(2)3/h5,7H,1,6H2,2-4H3. The number of hydrogen-bond donors (Lipinski definition) is 0. The SMILES string of the molecule is C=CC(=O)N(CSC)C(C)C. The maximum absolute atomic E-state index is 11.1. The fourth-order valence-electron chi connectivity index (χ4n) is 0.724. The summed E-state index contributed by atoms with van der Waals surface area (Å²) in [6, 6.07) is 0.257. The number of carbonyl (C=O) groups is 1. The average molecular weight is 173 g/mol. The van der Waals surface area contributed by atoms with Crippen LogP contribution in [-0.2, 0) is 4.79 Å². The van der Waals surface area contributed by atoms with Crippen LogP contribution < -0.4 is 0 Å². The molecule has 0 spiro atoms. The molecular weight excluding hydrogens is 158 g/mol. The number of amides is 1. The van der Waals surface area contributed by atoms with E-state index in [-0.39, 0.29) is 11.9 Å². The van der Waals surface area contributed by atoms with Gasteiger partial charge in [0.2, 0.25) is 5.91 Å². The van der Waals surface area contributed by atoms with Crippen molar-refractivity contribution in [1.82, 2.24) is 4.90 Å². The van der Waals surface area contributed by atoms with E-state index in [4.69, 9.17) is 0 Å². The molecule has 0 aromatic carbocycles. The first-order valence-corrected chi connectivity index (χ1v) is 4.94. The molecule has 0 bridgehead atoms. The van der Waals surface area contributed by atoms with Crippen molar-refractivity contribution in [2.75, 3.05) is 12.1 Å². The van der Waals surface area contributed by atoms with Crippen LogP contribution in [0, 0.1) is 0 Å². The zero-order valence-electron chi connectivity index (χ0n) is 7.33. The first-order valence-electron chi connectivity index (χ1n) is 3.55. The highest BCUT2D eigenvalue weighted by molar-refractivity contribution is 7.98. The van der Waals surface area contributed by atoms with Gasteiger partial charge in [0.25, 0.3) is 0 Å². The van der Waals surface area contributed by atoms with Gasteiger partial charge in [0.15, 0.2) is 0 Å². The van der Waals surface area contributed by atoms with Gasteiger partial charge in [-0.1, -0.05) is 6.58 Å². The molecular formula is C8H15NOS. The third-order valence-electron chi connectivity index (χ3n) is 1.35. The maximum Gasteiger partial charge on any atom is 0.246 e. The second kappa shape index (κ2) is 5.24. The van der Waals surface area contributed by atoms with Gasteiger partial charge in [0.05, 0.1) is 5.88 Å². The molecule has 0 aromatic rings. The molecule has 2 nitrogen and oxygen atoms in total. The molecule has 0 aliphatic rings. The van der Waals surface area contributed by atoms with Gasteiger partial charge in [-0.2, -0.15) is 0 Å². The minimum atomic E-state index is 0.00866. The van der Waals surface area contributed by atoms with Crippen LogP contribution in [0.5, 0.6) is 0 Å². The summed E-state index contributed by atoms with van der Waals surface area (Å²) in [5.41, 5.74) is 0. The normalized spacial score (nSPS) is 9.82. The monoisotopic (exact) mass is 173 g/mol. The Morgan fingerprint density at radius 2 is 2.27 bits per heavy atom. The summed E-state index contributed by atoms with van der Waals surface area (Å²) in [5, 5.41) is 0. The van der Waals surface area contributed by atoms with Crippen molar-refractivity contribution in [1.29, 1.82) is 0 Å². The molecule has 0 saturated carbocycles. The van der Waals surface area contributed by atoms with Crippen LogP contribution >= 0.6 is 11.8 Å². The van der Waals surface area contributed by atoms with Crippen LogP contribution in [0.2, 0.25) is 0 Å². The zero-order valence-corrected chi connectivity index (χ0v) is 8.15. The maximum atomic E-state index is 11.1. The van der Waals surface area contributed by atoms with E-state index < -0.39 is 0 Å². The van der Waals surface area contributed by atoms with Gasteiger partial charge in [-0.05, 0) is 26.2 Å². The van der Waals surface area contributed by atoms with Crippen molar-refractivity contribution in [3.8, 4) is 0 Å². The average Bonchev–Trinajstić information content (AvgIpc) is 1.98. The molecule has 0 unspecified atom stereocenters. The summed E-state index contributed by atoms with van der Waals surface area (Å²) in [6.07, 6.45) is 3.34. The van der Waals surface area contributed by atoms with Gasteiger partial charge in [-0.15, -0.1) is 11.8 Å². The minimum absolute atomic E-state index is 0.00866. The van der Waals surface area contributed by atoms with Crippen LogP contribution in [0.1, 0.15) is 13.8 Å². The lowest BCUT2D eigenvalue weighted by Crippen LogP contribution is -2.35. The number of rotatable bonds is 4. The van der Waals surface area contributed by atoms with Gasteiger partial charge in [0.1, 0.15) is 0 Å². The van der Waals surface area contributed by atoms with E-state index in [1.807, 2.05) is 20.1 Å². The molecule has 64 valence electrons. The molecule has 0 atom stereocenters.